The highest BCUT2D eigenvalue weighted by atomic mass is 35.5. The predicted molar refractivity (Wildman–Crippen MR) is 92.5 cm³/mol. The van der Waals surface area contributed by atoms with E-state index < -0.39 is 0 Å². The van der Waals surface area contributed by atoms with E-state index in [1.54, 1.807) is 0 Å². The fraction of sp³-hybridized carbons (Fsp3) is 0.333. The molecule has 0 heterocycles. The number of likely N-dealkylation sites (N-methyl/N-ethyl adjacent to an activating group) is 1. The molecule has 0 amide bonds. The summed E-state index contributed by atoms with van der Waals surface area (Å²) in [6.45, 7) is 3.24. The van der Waals surface area contributed by atoms with Gasteiger partial charge in [0.2, 0.25) is 0 Å². The molecule has 0 radical (unpaired) electrons. The summed E-state index contributed by atoms with van der Waals surface area (Å²) < 4.78 is 5.95. The lowest BCUT2D eigenvalue weighted by atomic mass is 10.2. The van der Waals surface area contributed by atoms with Crippen LogP contribution in [0.3, 0.4) is 0 Å². The van der Waals surface area contributed by atoms with Crippen molar-refractivity contribution in [3.63, 3.8) is 0 Å². The van der Waals surface area contributed by atoms with Gasteiger partial charge < -0.3 is 15.0 Å². The van der Waals surface area contributed by atoms with E-state index in [0.29, 0.717) is 6.61 Å². The SMILES string of the molecule is CN(C)CCNCc1cc(Cl)ccc1OCc1ccccc1. The lowest BCUT2D eigenvalue weighted by Crippen LogP contribution is -2.26. The van der Waals surface area contributed by atoms with E-state index in [1.807, 2.05) is 36.4 Å². The topological polar surface area (TPSA) is 24.5 Å². The number of halogens is 1. The first-order valence-electron chi connectivity index (χ1n) is 7.46. The molecule has 0 fully saturated rings. The zero-order valence-corrected chi connectivity index (χ0v) is 13.9. The van der Waals surface area contributed by atoms with Crippen LogP contribution in [0, 0.1) is 0 Å². The lowest BCUT2D eigenvalue weighted by molar-refractivity contribution is 0.302. The smallest absolute Gasteiger partial charge is 0.124 e. The van der Waals surface area contributed by atoms with E-state index >= 15 is 0 Å². The summed E-state index contributed by atoms with van der Waals surface area (Å²) in [4.78, 5) is 2.15. The first-order valence-corrected chi connectivity index (χ1v) is 7.83. The van der Waals surface area contributed by atoms with Gasteiger partial charge in [-0.25, -0.2) is 0 Å². The molecule has 0 unspecified atom stereocenters. The fourth-order valence-corrected chi connectivity index (χ4v) is 2.28. The maximum Gasteiger partial charge on any atom is 0.124 e. The van der Waals surface area contributed by atoms with Crippen LogP contribution >= 0.6 is 11.6 Å². The van der Waals surface area contributed by atoms with Gasteiger partial charge in [0.25, 0.3) is 0 Å². The first-order chi connectivity index (χ1) is 10.6. The Morgan fingerprint density at radius 2 is 1.86 bits per heavy atom. The van der Waals surface area contributed by atoms with Gasteiger partial charge in [0, 0.05) is 30.2 Å². The van der Waals surface area contributed by atoms with Crippen molar-refractivity contribution in [1.82, 2.24) is 10.2 Å². The predicted octanol–water partition coefficient (Wildman–Crippen LogP) is 3.57. The molecule has 0 atom stereocenters. The second kappa shape index (κ2) is 8.79. The largest absolute Gasteiger partial charge is 0.489 e. The number of rotatable bonds is 8. The normalized spacial score (nSPS) is 10.9. The van der Waals surface area contributed by atoms with Crippen molar-refractivity contribution >= 4 is 11.6 Å². The van der Waals surface area contributed by atoms with Crippen LogP contribution in [0.25, 0.3) is 0 Å². The van der Waals surface area contributed by atoms with E-state index in [1.165, 1.54) is 0 Å². The van der Waals surface area contributed by atoms with Gasteiger partial charge in [-0.05, 0) is 37.9 Å². The summed E-state index contributed by atoms with van der Waals surface area (Å²) in [5.41, 5.74) is 2.24. The molecule has 0 bridgehead atoms. The average Bonchev–Trinajstić information content (AvgIpc) is 2.51. The van der Waals surface area contributed by atoms with E-state index in [0.717, 1.165) is 41.5 Å². The molecule has 0 aliphatic carbocycles. The third-order valence-electron chi connectivity index (χ3n) is 3.31. The molecule has 0 saturated heterocycles. The number of nitrogens with one attached hydrogen (secondary N) is 1. The van der Waals surface area contributed by atoms with Crippen LogP contribution in [-0.2, 0) is 13.2 Å². The maximum atomic E-state index is 6.11. The Hall–Kier alpha value is -1.55. The van der Waals surface area contributed by atoms with Crippen LogP contribution < -0.4 is 10.1 Å². The molecule has 3 nitrogen and oxygen atoms in total. The summed E-state index contributed by atoms with van der Waals surface area (Å²) in [6, 6.07) is 15.9. The van der Waals surface area contributed by atoms with Gasteiger partial charge in [-0.2, -0.15) is 0 Å². The van der Waals surface area contributed by atoms with E-state index in [2.05, 4.69) is 36.4 Å². The number of nitrogens with zero attached hydrogens (tertiary/aromatic N) is 1. The summed E-state index contributed by atoms with van der Waals surface area (Å²) in [5.74, 6) is 0.880. The molecule has 2 rings (SSSR count). The van der Waals surface area contributed by atoms with Crippen LogP contribution in [0.2, 0.25) is 5.02 Å². The highest BCUT2D eigenvalue weighted by Gasteiger charge is 2.05. The van der Waals surface area contributed by atoms with Gasteiger partial charge in [-0.3, -0.25) is 0 Å². The molecular weight excluding hydrogens is 296 g/mol. The van der Waals surface area contributed by atoms with Gasteiger partial charge in [-0.15, -0.1) is 0 Å². The van der Waals surface area contributed by atoms with E-state index in [4.69, 9.17) is 16.3 Å². The molecule has 2 aromatic rings. The van der Waals surface area contributed by atoms with Gasteiger partial charge in [0.1, 0.15) is 12.4 Å². The van der Waals surface area contributed by atoms with Crippen LogP contribution in [0.5, 0.6) is 5.75 Å². The molecule has 1 N–H and O–H groups in total. The average molecular weight is 319 g/mol. The zero-order valence-electron chi connectivity index (χ0n) is 13.2. The van der Waals surface area contributed by atoms with Gasteiger partial charge >= 0.3 is 0 Å². The highest BCUT2D eigenvalue weighted by molar-refractivity contribution is 6.30. The monoisotopic (exact) mass is 318 g/mol. The molecule has 2 aromatic carbocycles. The molecule has 0 aliphatic heterocycles. The number of benzene rings is 2. The number of ether oxygens (including phenoxy) is 1. The van der Waals surface area contributed by atoms with E-state index in [9.17, 15) is 0 Å². The van der Waals surface area contributed by atoms with Gasteiger partial charge in [0.15, 0.2) is 0 Å². The Balaban J connectivity index is 1.94. The van der Waals surface area contributed by atoms with Crippen LogP contribution in [0.1, 0.15) is 11.1 Å². The van der Waals surface area contributed by atoms with Crippen LogP contribution in [0.4, 0.5) is 0 Å². The Morgan fingerprint density at radius 3 is 2.59 bits per heavy atom. The van der Waals surface area contributed by atoms with E-state index in [-0.39, 0.29) is 0 Å². The second-order valence-electron chi connectivity index (χ2n) is 5.51. The Bertz CT molecular complexity index is 573. The minimum atomic E-state index is 0.563. The molecule has 22 heavy (non-hydrogen) atoms. The third-order valence-corrected chi connectivity index (χ3v) is 3.55. The number of hydrogen-bond donors (Lipinski definition) is 1. The zero-order chi connectivity index (χ0) is 15.8. The molecule has 118 valence electrons. The van der Waals surface area contributed by atoms with Gasteiger partial charge in [-0.1, -0.05) is 41.9 Å². The van der Waals surface area contributed by atoms with Gasteiger partial charge in [0.05, 0.1) is 0 Å². The number of hydrogen-bond acceptors (Lipinski definition) is 3. The van der Waals surface area contributed by atoms with Crippen molar-refractivity contribution in [2.45, 2.75) is 13.2 Å². The Kier molecular flexibility index (Phi) is 6.72. The molecule has 0 saturated carbocycles. The quantitative estimate of drug-likeness (QED) is 0.753. The minimum absolute atomic E-state index is 0.563. The summed E-state index contributed by atoms with van der Waals surface area (Å²) in [6.07, 6.45) is 0. The van der Waals surface area contributed by atoms with Crippen molar-refractivity contribution < 1.29 is 4.74 Å². The molecular formula is C18H23ClN2O. The standard InChI is InChI=1S/C18H23ClN2O/c1-21(2)11-10-20-13-16-12-17(19)8-9-18(16)22-14-15-6-4-3-5-7-15/h3-9,12,20H,10-11,13-14H2,1-2H3. The molecule has 4 heteroatoms. The summed E-state index contributed by atoms with van der Waals surface area (Å²) >= 11 is 6.11. The highest BCUT2D eigenvalue weighted by Crippen LogP contribution is 2.23. The van der Waals surface area contributed by atoms with Crippen molar-refractivity contribution in [1.29, 1.82) is 0 Å². The van der Waals surface area contributed by atoms with Crippen molar-refractivity contribution in [2.24, 2.45) is 0 Å². The Morgan fingerprint density at radius 1 is 1.09 bits per heavy atom. The van der Waals surface area contributed by atoms with Crippen LogP contribution in [-0.4, -0.2) is 32.1 Å². The second-order valence-corrected chi connectivity index (χ2v) is 5.94. The summed E-state index contributed by atoms with van der Waals surface area (Å²) in [7, 11) is 4.13. The molecule has 0 aromatic heterocycles. The van der Waals surface area contributed by atoms with Crippen molar-refractivity contribution in [2.75, 3.05) is 27.2 Å². The van der Waals surface area contributed by atoms with Crippen LogP contribution in [0.15, 0.2) is 48.5 Å². The molecule has 0 aliphatic rings. The minimum Gasteiger partial charge on any atom is -0.489 e. The first kappa shape index (κ1) is 16.8. The third kappa shape index (κ3) is 5.68. The molecule has 0 spiro atoms. The maximum absolute atomic E-state index is 6.11. The summed E-state index contributed by atoms with van der Waals surface area (Å²) in [5, 5.41) is 4.15. The Labute approximate surface area is 137 Å². The van der Waals surface area contributed by atoms with Crippen molar-refractivity contribution in [3.05, 3.63) is 64.7 Å². The lowest BCUT2D eigenvalue weighted by Gasteiger charge is -2.14. The van der Waals surface area contributed by atoms with Crippen molar-refractivity contribution in [3.8, 4) is 5.75 Å². The fourth-order valence-electron chi connectivity index (χ4n) is 2.09.